The number of piperidine rings is 1. The third-order valence-corrected chi connectivity index (χ3v) is 7.60. The molecule has 5 rings (SSSR count). The molecule has 3 amide bonds. The van der Waals surface area contributed by atoms with Gasteiger partial charge in [-0.2, -0.15) is 0 Å². The molecule has 8 nitrogen and oxygen atoms in total. The van der Waals surface area contributed by atoms with Gasteiger partial charge in [0.05, 0.1) is 23.3 Å². The number of amides is 3. The van der Waals surface area contributed by atoms with Crippen molar-refractivity contribution in [3.8, 4) is 0 Å². The molecule has 3 saturated heterocycles. The molecular formula is C27H30ClN3O5. The Bertz CT molecular complexity index is 1110. The first-order valence-corrected chi connectivity index (χ1v) is 12.8. The molecule has 9 heteroatoms. The number of hydrogen-bond acceptors (Lipinski definition) is 5. The number of carbonyl (C=O) groups excluding carboxylic acids is 3. The number of benzene rings is 2. The summed E-state index contributed by atoms with van der Waals surface area (Å²) >= 11 is 6.24. The fraction of sp³-hybridized carbons (Fsp3) is 0.444. The first kappa shape index (κ1) is 24.7. The Kier molecular flexibility index (Phi) is 7.27. The fourth-order valence-corrected chi connectivity index (χ4v) is 5.51. The van der Waals surface area contributed by atoms with Crippen LogP contribution in [-0.4, -0.2) is 78.2 Å². The highest BCUT2D eigenvalue weighted by Crippen LogP contribution is 2.39. The Hall–Kier alpha value is -2.94. The second-order valence-corrected chi connectivity index (χ2v) is 9.87. The van der Waals surface area contributed by atoms with Crippen molar-refractivity contribution in [1.82, 2.24) is 15.1 Å². The summed E-state index contributed by atoms with van der Waals surface area (Å²) < 4.78 is 11.9. The Morgan fingerprint density at radius 1 is 1.00 bits per heavy atom. The Morgan fingerprint density at radius 3 is 2.42 bits per heavy atom. The second-order valence-electron chi connectivity index (χ2n) is 9.47. The minimum Gasteiger partial charge on any atom is -0.376 e. The van der Waals surface area contributed by atoms with Gasteiger partial charge in [-0.25, -0.2) is 0 Å². The third kappa shape index (κ3) is 4.85. The van der Waals surface area contributed by atoms with E-state index in [2.05, 4.69) is 5.32 Å². The zero-order chi connectivity index (χ0) is 25.1. The van der Waals surface area contributed by atoms with Crippen molar-refractivity contribution in [2.45, 2.75) is 43.6 Å². The zero-order valence-corrected chi connectivity index (χ0v) is 20.8. The van der Waals surface area contributed by atoms with E-state index in [1.807, 2.05) is 6.07 Å². The first-order chi connectivity index (χ1) is 17.5. The molecule has 3 aliphatic heterocycles. The molecule has 1 spiro atoms. The van der Waals surface area contributed by atoms with Gasteiger partial charge in [-0.3, -0.25) is 19.3 Å². The number of ether oxygens (including phenoxy) is 2. The van der Waals surface area contributed by atoms with Crippen LogP contribution in [0.2, 0.25) is 5.02 Å². The van der Waals surface area contributed by atoms with Crippen LogP contribution in [-0.2, 0) is 14.3 Å². The van der Waals surface area contributed by atoms with E-state index in [1.165, 1.54) is 0 Å². The van der Waals surface area contributed by atoms with Gasteiger partial charge in [-0.1, -0.05) is 41.9 Å². The number of nitrogens with zero attached hydrogens (tertiary/aromatic N) is 2. The van der Waals surface area contributed by atoms with Crippen LogP contribution in [0.1, 0.15) is 46.4 Å². The maximum Gasteiger partial charge on any atom is 0.256 e. The van der Waals surface area contributed by atoms with Gasteiger partial charge in [-0.15, -0.1) is 0 Å². The van der Waals surface area contributed by atoms with Crippen LogP contribution >= 0.6 is 11.6 Å². The quantitative estimate of drug-likeness (QED) is 0.666. The lowest BCUT2D eigenvalue weighted by atomic mass is 9.96. The summed E-state index contributed by atoms with van der Waals surface area (Å²) in [5.41, 5.74) is -0.0179. The highest BCUT2D eigenvalue weighted by atomic mass is 35.5. The molecule has 0 aliphatic carbocycles. The van der Waals surface area contributed by atoms with Crippen molar-refractivity contribution < 1.29 is 23.9 Å². The Morgan fingerprint density at radius 2 is 1.72 bits per heavy atom. The molecule has 0 aromatic heterocycles. The number of likely N-dealkylation sites (tertiary alicyclic amines) is 1. The highest BCUT2D eigenvalue weighted by molar-refractivity contribution is 6.33. The molecule has 0 saturated carbocycles. The van der Waals surface area contributed by atoms with Crippen molar-refractivity contribution in [3.63, 3.8) is 0 Å². The van der Waals surface area contributed by atoms with E-state index in [0.29, 0.717) is 55.2 Å². The number of nitrogens with one attached hydrogen (secondary N) is 1. The van der Waals surface area contributed by atoms with Gasteiger partial charge in [0.1, 0.15) is 11.8 Å². The molecule has 36 heavy (non-hydrogen) atoms. The third-order valence-electron chi connectivity index (χ3n) is 7.27. The number of halogens is 1. The molecule has 1 N–H and O–H groups in total. The molecule has 0 radical (unpaired) electrons. The maximum absolute atomic E-state index is 13.7. The Balaban J connectivity index is 1.34. The van der Waals surface area contributed by atoms with E-state index in [9.17, 15) is 14.4 Å². The molecule has 2 atom stereocenters. The lowest BCUT2D eigenvalue weighted by molar-refractivity contribution is -0.128. The van der Waals surface area contributed by atoms with Gasteiger partial charge in [0.25, 0.3) is 11.8 Å². The topological polar surface area (TPSA) is 88.2 Å². The van der Waals surface area contributed by atoms with Crippen LogP contribution in [0.3, 0.4) is 0 Å². The number of rotatable bonds is 5. The summed E-state index contributed by atoms with van der Waals surface area (Å²) in [4.78, 5) is 43.4. The van der Waals surface area contributed by atoms with Gasteiger partial charge in [0.2, 0.25) is 5.91 Å². The summed E-state index contributed by atoms with van der Waals surface area (Å²) in [5.74, 6) is -0.655. The average molecular weight is 512 g/mol. The predicted octanol–water partition coefficient (Wildman–Crippen LogP) is 3.11. The van der Waals surface area contributed by atoms with Crippen molar-refractivity contribution in [2.75, 3.05) is 32.8 Å². The van der Waals surface area contributed by atoms with Gasteiger partial charge in [-0.05, 0) is 37.1 Å². The minimum absolute atomic E-state index is 0.00238. The normalized spacial score (nSPS) is 23.1. The lowest BCUT2D eigenvalue weighted by Crippen LogP contribution is -2.60. The van der Waals surface area contributed by atoms with Crippen LogP contribution < -0.4 is 5.32 Å². The zero-order valence-electron chi connectivity index (χ0n) is 20.0. The molecule has 190 valence electrons. The van der Waals surface area contributed by atoms with Crippen LogP contribution in [0.25, 0.3) is 0 Å². The van der Waals surface area contributed by atoms with E-state index in [4.69, 9.17) is 21.1 Å². The SMILES string of the molecule is O=C(NC[C@H]1CCCO1)[C@@H]1COC2(CCN(C(=O)c3ccccc3Cl)CC2)N1C(=O)c1ccccc1. The minimum atomic E-state index is -0.962. The number of carbonyl (C=O) groups is 3. The van der Waals surface area contributed by atoms with E-state index < -0.39 is 11.8 Å². The molecule has 0 bridgehead atoms. The second kappa shape index (κ2) is 10.6. The lowest BCUT2D eigenvalue weighted by Gasteiger charge is -2.44. The largest absolute Gasteiger partial charge is 0.376 e. The Labute approximate surface area is 215 Å². The van der Waals surface area contributed by atoms with Gasteiger partial charge < -0.3 is 19.7 Å². The maximum atomic E-state index is 13.7. The van der Waals surface area contributed by atoms with E-state index in [1.54, 1.807) is 58.3 Å². The van der Waals surface area contributed by atoms with Crippen molar-refractivity contribution in [3.05, 3.63) is 70.7 Å². The van der Waals surface area contributed by atoms with Crippen LogP contribution in [0.15, 0.2) is 54.6 Å². The monoisotopic (exact) mass is 511 g/mol. The van der Waals surface area contributed by atoms with E-state index in [0.717, 1.165) is 12.8 Å². The van der Waals surface area contributed by atoms with Crippen LogP contribution in [0, 0.1) is 0 Å². The van der Waals surface area contributed by atoms with Crippen molar-refractivity contribution >= 4 is 29.3 Å². The summed E-state index contributed by atoms with van der Waals surface area (Å²) in [6.07, 6.45) is 2.70. The summed E-state index contributed by atoms with van der Waals surface area (Å²) in [5, 5.41) is 3.37. The summed E-state index contributed by atoms with van der Waals surface area (Å²) in [6.45, 7) is 1.99. The molecule has 3 fully saturated rings. The van der Waals surface area contributed by atoms with E-state index >= 15 is 0 Å². The van der Waals surface area contributed by atoms with Crippen LogP contribution in [0.4, 0.5) is 0 Å². The van der Waals surface area contributed by atoms with Crippen molar-refractivity contribution in [2.24, 2.45) is 0 Å². The van der Waals surface area contributed by atoms with Gasteiger partial charge >= 0.3 is 0 Å². The predicted molar refractivity (Wildman–Crippen MR) is 134 cm³/mol. The average Bonchev–Trinajstić information content (AvgIpc) is 3.56. The molecule has 2 aromatic carbocycles. The molecule has 3 heterocycles. The van der Waals surface area contributed by atoms with Gasteiger partial charge in [0.15, 0.2) is 0 Å². The summed E-state index contributed by atoms with van der Waals surface area (Å²) in [6, 6.07) is 15.1. The van der Waals surface area contributed by atoms with Crippen molar-refractivity contribution in [1.29, 1.82) is 0 Å². The summed E-state index contributed by atoms with van der Waals surface area (Å²) in [7, 11) is 0. The smallest absolute Gasteiger partial charge is 0.256 e. The van der Waals surface area contributed by atoms with E-state index in [-0.39, 0.29) is 30.4 Å². The van der Waals surface area contributed by atoms with Gasteiger partial charge in [0, 0.05) is 44.6 Å². The molecule has 2 aromatic rings. The first-order valence-electron chi connectivity index (χ1n) is 12.4. The molecule has 3 aliphatic rings. The van der Waals surface area contributed by atoms with Crippen LogP contribution in [0.5, 0.6) is 0 Å². The highest BCUT2D eigenvalue weighted by Gasteiger charge is 2.54. The number of hydrogen-bond donors (Lipinski definition) is 1. The fourth-order valence-electron chi connectivity index (χ4n) is 5.29. The standard InChI is InChI=1S/C27H30ClN3O5/c28-22-11-5-4-10-21(22)26(34)30-14-12-27(13-15-30)31(25(33)19-7-2-1-3-8-19)23(18-36-27)24(32)29-17-20-9-6-16-35-20/h1-5,7-8,10-11,20,23H,6,9,12-18H2,(H,29,32)/t20-,23+/m1/s1. The molecule has 0 unspecified atom stereocenters. The molecular weight excluding hydrogens is 482 g/mol.